The van der Waals surface area contributed by atoms with Crippen molar-refractivity contribution in [3.05, 3.63) is 0 Å². The molecule has 0 N–H and O–H groups in total. The average molecular weight is 240 g/mol. The van der Waals surface area contributed by atoms with E-state index in [9.17, 15) is 0 Å². The van der Waals surface area contributed by atoms with Crippen LogP contribution >= 0.6 is 0 Å². The van der Waals surface area contributed by atoms with E-state index in [1.165, 1.54) is 32.5 Å². The standard InChI is InChI=1S/C15H32N2/c1-12(2)8-7-9-16-10-15(6)17(13(3)4)11-14(16)5/h12-15H,7-11H2,1-6H3/t14-,15-/m1/s1. The van der Waals surface area contributed by atoms with Gasteiger partial charge >= 0.3 is 0 Å². The molecule has 1 rings (SSSR count). The largest absolute Gasteiger partial charge is 0.298 e. The lowest BCUT2D eigenvalue weighted by molar-refractivity contribution is 0.0227. The molecule has 0 spiro atoms. The summed E-state index contributed by atoms with van der Waals surface area (Å²) in [7, 11) is 0. The van der Waals surface area contributed by atoms with E-state index in [4.69, 9.17) is 0 Å². The molecule has 102 valence electrons. The molecule has 1 aliphatic rings. The molecule has 17 heavy (non-hydrogen) atoms. The Kier molecular flexibility index (Phi) is 5.94. The van der Waals surface area contributed by atoms with Crippen LogP contribution in [-0.4, -0.2) is 47.6 Å². The normalized spacial score (nSPS) is 28.2. The van der Waals surface area contributed by atoms with Gasteiger partial charge in [-0.25, -0.2) is 0 Å². The van der Waals surface area contributed by atoms with Crippen molar-refractivity contribution in [1.29, 1.82) is 0 Å². The molecule has 2 heteroatoms. The maximum atomic E-state index is 2.69. The van der Waals surface area contributed by atoms with Crippen molar-refractivity contribution in [3.8, 4) is 0 Å². The van der Waals surface area contributed by atoms with Crippen molar-refractivity contribution >= 4 is 0 Å². The highest BCUT2D eigenvalue weighted by molar-refractivity contribution is 4.86. The molecule has 1 saturated heterocycles. The van der Waals surface area contributed by atoms with E-state index in [-0.39, 0.29) is 0 Å². The van der Waals surface area contributed by atoms with Crippen LogP contribution in [0.5, 0.6) is 0 Å². The van der Waals surface area contributed by atoms with Gasteiger partial charge in [-0.2, -0.15) is 0 Å². The highest BCUT2D eigenvalue weighted by atomic mass is 15.3. The minimum Gasteiger partial charge on any atom is -0.298 e. The van der Waals surface area contributed by atoms with Gasteiger partial charge in [-0.15, -0.1) is 0 Å². The second-order valence-electron chi connectivity index (χ2n) is 6.52. The second kappa shape index (κ2) is 6.75. The fourth-order valence-electron chi connectivity index (χ4n) is 2.96. The molecule has 0 amide bonds. The summed E-state index contributed by atoms with van der Waals surface area (Å²) >= 11 is 0. The minimum absolute atomic E-state index is 0.685. The van der Waals surface area contributed by atoms with Gasteiger partial charge in [0.1, 0.15) is 0 Å². The number of rotatable bonds is 5. The Morgan fingerprint density at radius 3 is 2.18 bits per heavy atom. The Morgan fingerprint density at radius 1 is 1.00 bits per heavy atom. The molecule has 0 saturated carbocycles. The van der Waals surface area contributed by atoms with E-state index in [1.807, 2.05) is 0 Å². The monoisotopic (exact) mass is 240 g/mol. The van der Waals surface area contributed by atoms with Crippen LogP contribution < -0.4 is 0 Å². The molecule has 0 aromatic rings. The number of piperazine rings is 1. The van der Waals surface area contributed by atoms with Crippen molar-refractivity contribution in [2.24, 2.45) is 5.92 Å². The lowest BCUT2D eigenvalue weighted by atomic mass is 10.0. The first kappa shape index (κ1) is 15.0. The van der Waals surface area contributed by atoms with E-state index in [1.54, 1.807) is 0 Å². The van der Waals surface area contributed by atoms with Crippen LogP contribution in [0.15, 0.2) is 0 Å². The van der Waals surface area contributed by atoms with Crippen molar-refractivity contribution in [1.82, 2.24) is 9.80 Å². The molecule has 1 fully saturated rings. The van der Waals surface area contributed by atoms with Gasteiger partial charge in [0.15, 0.2) is 0 Å². The van der Waals surface area contributed by atoms with Gasteiger partial charge < -0.3 is 0 Å². The summed E-state index contributed by atoms with van der Waals surface area (Å²) in [5, 5.41) is 0. The first-order valence-corrected chi connectivity index (χ1v) is 7.41. The van der Waals surface area contributed by atoms with Gasteiger partial charge in [0.25, 0.3) is 0 Å². The smallest absolute Gasteiger partial charge is 0.0198 e. The predicted octanol–water partition coefficient (Wildman–Crippen LogP) is 3.23. The van der Waals surface area contributed by atoms with Gasteiger partial charge in [0.2, 0.25) is 0 Å². The van der Waals surface area contributed by atoms with E-state index in [0.29, 0.717) is 12.1 Å². The Bertz CT molecular complexity index is 213. The molecule has 0 aromatic heterocycles. The third-order valence-corrected chi connectivity index (χ3v) is 4.05. The molecule has 0 aliphatic carbocycles. The van der Waals surface area contributed by atoms with Crippen molar-refractivity contribution in [2.45, 2.75) is 72.5 Å². The summed E-state index contributed by atoms with van der Waals surface area (Å²) in [4.78, 5) is 5.33. The summed E-state index contributed by atoms with van der Waals surface area (Å²) in [5.41, 5.74) is 0. The summed E-state index contributed by atoms with van der Waals surface area (Å²) < 4.78 is 0. The second-order valence-corrected chi connectivity index (χ2v) is 6.52. The molecule has 2 atom stereocenters. The Hall–Kier alpha value is -0.0800. The zero-order valence-electron chi connectivity index (χ0n) is 12.7. The zero-order chi connectivity index (χ0) is 13.0. The van der Waals surface area contributed by atoms with Crippen LogP contribution in [-0.2, 0) is 0 Å². The van der Waals surface area contributed by atoms with Gasteiger partial charge in [-0.3, -0.25) is 9.80 Å². The van der Waals surface area contributed by atoms with E-state index in [2.05, 4.69) is 51.3 Å². The molecule has 2 nitrogen and oxygen atoms in total. The van der Waals surface area contributed by atoms with Gasteiger partial charge in [-0.05, 0) is 53.0 Å². The highest BCUT2D eigenvalue weighted by Crippen LogP contribution is 2.18. The molecule has 1 heterocycles. The van der Waals surface area contributed by atoms with E-state index < -0.39 is 0 Å². The van der Waals surface area contributed by atoms with Crippen LogP contribution in [0.25, 0.3) is 0 Å². The number of nitrogens with zero attached hydrogens (tertiary/aromatic N) is 2. The third-order valence-electron chi connectivity index (χ3n) is 4.05. The van der Waals surface area contributed by atoms with Crippen LogP contribution in [0.4, 0.5) is 0 Å². The quantitative estimate of drug-likeness (QED) is 0.728. The Morgan fingerprint density at radius 2 is 1.65 bits per heavy atom. The lowest BCUT2D eigenvalue weighted by Crippen LogP contribution is -2.58. The maximum absolute atomic E-state index is 2.69. The SMILES string of the molecule is CC(C)CCCN1C[C@@H](C)N(C(C)C)C[C@H]1C. The van der Waals surface area contributed by atoms with E-state index in [0.717, 1.165) is 12.0 Å². The summed E-state index contributed by atoms with van der Waals surface area (Å²) in [5.74, 6) is 0.847. The van der Waals surface area contributed by atoms with Crippen LogP contribution in [0, 0.1) is 5.92 Å². The fraction of sp³-hybridized carbons (Fsp3) is 1.00. The summed E-state index contributed by atoms with van der Waals surface area (Å²) in [6.07, 6.45) is 2.72. The molecule has 0 radical (unpaired) electrons. The molecule has 0 aromatic carbocycles. The molecular formula is C15H32N2. The zero-order valence-corrected chi connectivity index (χ0v) is 12.7. The first-order valence-electron chi connectivity index (χ1n) is 7.41. The van der Waals surface area contributed by atoms with Gasteiger partial charge in [0, 0.05) is 31.2 Å². The summed E-state index contributed by atoms with van der Waals surface area (Å²) in [6, 6.07) is 2.12. The third kappa shape index (κ3) is 4.59. The maximum Gasteiger partial charge on any atom is 0.0198 e. The average Bonchev–Trinajstić information content (AvgIpc) is 2.21. The van der Waals surface area contributed by atoms with E-state index >= 15 is 0 Å². The molecule has 0 unspecified atom stereocenters. The van der Waals surface area contributed by atoms with Gasteiger partial charge in [0.05, 0.1) is 0 Å². The van der Waals surface area contributed by atoms with Crippen LogP contribution in [0.3, 0.4) is 0 Å². The highest BCUT2D eigenvalue weighted by Gasteiger charge is 2.29. The number of hydrogen-bond acceptors (Lipinski definition) is 2. The Balaban J connectivity index is 2.38. The lowest BCUT2D eigenvalue weighted by Gasteiger charge is -2.46. The molecule has 0 bridgehead atoms. The Labute approximate surface area is 108 Å². The van der Waals surface area contributed by atoms with Gasteiger partial charge in [-0.1, -0.05) is 13.8 Å². The first-order chi connectivity index (χ1) is 7.91. The van der Waals surface area contributed by atoms with Crippen molar-refractivity contribution < 1.29 is 0 Å². The number of hydrogen-bond donors (Lipinski definition) is 0. The van der Waals surface area contributed by atoms with Crippen LogP contribution in [0.2, 0.25) is 0 Å². The van der Waals surface area contributed by atoms with Crippen LogP contribution in [0.1, 0.15) is 54.4 Å². The topological polar surface area (TPSA) is 6.48 Å². The van der Waals surface area contributed by atoms with Crippen molar-refractivity contribution in [2.75, 3.05) is 19.6 Å². The minimum atomic E-state index is 0.685. The predicted molar refractivity (Wildman–Crippen MR) is 76.4 cm³/mol. The van der Waals surface area contributed by atoms with Crippen molar-refractivity contribution in [3.63, 3.8) is 0 Å². The molecular weight excluding hydrogens is 208 g/mol. The fourth-order valence-corrected chi connectivity index (χ4v) is 2.96. The molecule has 1 aliphatic heterocycles. The summed E-state index contributed by atoms with van der Waals surface area (Å²) in [6.45, 7) is 17.8.